The Balaban J connectivity index is 1.83. The van der Waals surface area contributed by atoms with E-state index in [1.807, 2.05) is 6.92 Å². The summed E-state index contributed by atoms with van der Waals surface area (Å²) in [6, 6.07) is 0. The van der Waals surface area contributed by atoms with Crippen LogP contribution in [0.3, 0.4) is 0 Å². The lowest BCUT2D eigenvalue weighted by atomic mass is 9.96. The van der Waals surface area contributed by atoms with Crippen LogP contribution < -0.4 is 5.32 Å². The highest BCUT2D eigenvalue weighted by Gasteiger charge is 2.17. The van der Waals surface area contributed by atoms with Gasteiger partial charge in [0.1, 0.15) is 11.6 Å². The van der Waals surface area contributed by atoms with Gasteiger partial charge < -0.3 is 5.32 Å². The van der Waals surface area contributed by atoms with Crippen LogP contribution in [0.5, 0.6) is 0 Å². The number of rotatable bonds is 3. The minimum absolute atomic E-state index is 0.806. The van der Waals surface area contributed by atoms with Crippen molar-refractivity contribution in [2.45, 2.75) is 53.0 Å². The van der Waals surface area contributed by atoms with E-state index in [1.165, 1.54) is 29.0 Å². The summed E-state index contributed by atoms with van der Waals surface area (Å²) in [5.74, 6) is 1.89. The fourth-order valence-electron chi connectivity index (χ4n) is 2.77. The van der Waals surface area contributed by atoms with E-state index in [0.29, 0.717) is 0 Å². The zero-order valence-corrected chi connectivity index (χ0v) is 13.1. The van der Waals surface area contributed by atoms with Gasteiger partial charge in [-0.3, -0.25) is 0 Å². The van der Waals surface area contributed by atoms with Gasteiger partial charge in [-0.1, -0.05) is 0 Å². The largest absolute Gasteiger partial charge is 0.365 e. The third-order valence-corrected chi connectivity index (χ3v) is 4.78. The van der Waals surface area contributed by atoms with Crippen LogP contribution in [0.4, 0.5) is 5.82 Å². The highest BCUT2D eigenvalue weighted by Crippen LogP contribution is 2.26. The van der Waals surface area contributed by atoms with Crippen molar-refractivity contribution in [3.8, 4) is 0 Å². The standard InChI is InChI=1S/C15H20N4S/c1-9-14(20-11(3)17-9)8-16-15-12-6-4-5-7-13(12)18-10(2)19-15/h4-8H2,1-3H3,(H,16,18,19). The number of aromatic nitrogens is 3. The van der Waals surface area contributed by atoms with Crippen LogP contribution in [-0.2, 0) is 19.4 Å². The number of nitrogens with zero attached hydrogens (tertiary/aromatic N) is 3. The van der Waals surface area contributed by atoms with E-state index in [1.54, 1.807) is 11.3 Å². The maximum absolute atomic E-state index is 4.60. The van der Waals surface area contributed by atoms with E-state index in [9.17, 15) is 0 Å². The van der Waals surface area contributed by atoms with E-state index in [2.05, 4.69) is 34.1 Å². The highest BCUT2D eigenvalue weighted by molar-refractivity contribution is 7.11. The second-order valence-electron chi connectivity index (χ2n) is 5.35. The van der Waals surface area contributed by atoms with E-state index in [-0.39, 0.29) is 0 Å². The van der Waals surface area contributed by atoms with E-state index in [4.69, 9.17) is 0 Å². The summed E-state index contributed by atoms with van der Waals surface area (Å²) in [7, 11) is 0. The van der Waals surface area contributed by atoms with Crippen molar-refractivity contribution in [3.63, 3.8) is 0 Å². The molecule has 0 unspecified atom stereocenters. The molecule has 0 amide bonds. The van der Waals surface area contributed by atoms with Gasteiger partial charge in [-0.15, -0.1) is 11.3 Å². The summed E-state index contributed by atoms with van der Waals surface area (Å²) in [6.45, 7) is 6.90. The lowest BCUT2D eigenvalue weighted by molar-refractivity contribution is 0.659. The van der Waals surface area contributed by atoms with Crippen molar-refractivity contribution in [2.24, 2.45) is 0 Å². The SMILES string of the molecule is Cc1nc2c(c(NCc3sc(C)nc3C)n1)CCCC2. The quantitative estimate of drug-likeness (QED) is 0.941. The Hall–Kier alpha value is -1.49. The van der Waals surface area contributed by atoms with Crippen LogP contribution in [0.15, 0.2) is 0 Å². The molecule has 106 valence electrons. The number of hydrogen-bond donors (Lipinski definition) is 1. The van der Waals surface area contributed by atoms with E-state index in [0.717, 1.165) is 41.7 Å². The van der Waals surface area contributed by atoms with Crippen LogP contribution in [0.25, 0.3) is 0 Å². The number of aryl methyl sites for hydroxylation is 4. The average molecular weight is 288 g/mol. The van der Waals surface area contributed by atoms with Crippen molar-refractivity contribution in [1.29, 1.82) is 0 Å². The first kappa shape index (κ1) is 13.5. The molecule has 5 heteroatoms. The van der Waals surface area contributed by atoms with Crippen molar-refractivity contribution < 1.29 is 0 Å². The molecular weight excluding hydrogens is 268 g/mol. The highest BCUT2D eigenvalue weighted by atomic mass is 32.1. The molecule has 1 N–H and O–H groups in total. The topological polar surface area (TPSA) is 50.7 Å². The number of nitrogens with one attached hydrogen (secondary N) is 1. The fraction of sp³-hybridized carbons (Fsp3) is 0.533. The van der Waals surface area contributed by atoms with Gasteiger partial charge in [0, 0.05) is 16.1 Å². The second kappa shape index (κ2) is 5.48. The summed E-state index contributed by atoms with van der Waals surface area (Å²) >= 11 is 1.76. The Morgan fingerprint density at radius 2 is 1.85 bits per heavy atom. The molecule has 0 saturated carbocycles. The summed E-state index contributed by atoms with van der Waals surface area (Å²) in [4.78, 5) is 15.0. The van der Waals surface area contributed by atoms with Gasteiger partial charge in [-0.25, -0.2) is 15.0 Å². The van der Waals surface area contributed by atoms with Crippen LogP contribution in [0, 0.1) is 20.8 Å². The van der Waals surface area contributed by atoms with Gasteiger partial charge in [0.2, 0.25) is 0 Å². The number of thiazole rings is 1. The van der Waals surface area contributed by atoms with Crippen LogP contribution in [0.1, 0.15) is 45.5 Å². The molecule has 0 radical (unpaired) electrons. The molecule has 0 saturated heterocycles. The molecule has 0 aliphatic heterocycles. The predicted octanol–water partition coefficient (Wildman–Crippen LogP) is 3.35. The van der Waals surface area contributed by atoms with Crippen molar-refractivity contribution in [2.75, 3.05) is 5.32 Å². The minimum atomic E-state index is 0.806. The molecular formula is C15H20N4S. The summed E-state index contributed by atoms with van der Waals surface area (Å²) in [5.41, 5.74) is 3.68. The maximum atomic E-state index is 4.60. The number of hydrogen-bond acceptors (Lipinski definition) is 5. The zero-order valence-electron chi connectivity index (χ0n) is 12.3. The minimum Gasteiger partial charge on any atom is -0.365 e. The molecule has 2 heterocycles. The Bertz CT molecular complexity index is 633. The Morgan fingerprint density at radius 1 is 1.05 bits per heavy atom. The van der Waals surface area contributed by atoms with E-state index >= 15 is 0 Å². The molecule has 0 aromatic carbocycles. The monoisotopic (exact) mass is 288 g/mol. The second-order valence-corrected chi connectivity index (χ2v) is 6.63. The Kier molecular flexibility index (Phi) is 3.70. The molecule has 0 spiro atoms. The molecule has 3 rings (SSSR count). The lowest BCUT2D eigenvalue weighted by Crippen LogP contribution is -2.13. The van der Waals surface area contributed by atoms with Gasteiger partial charge in [0.25, 0.3) is 0 Å². The third-order valence-electron chi connectivity index (χ3n) is 3.71. The first-order valence-corrected chi connectivity index (χ1v) is 7.98. The first-order valence-electron chi connectivity index (χ1n) is 7.16. The molecule has 0 bridgehead atoms. The summed E-state index contributed by atoms with van der Waals surface area (Å²) < 4.78 is 0. The Labute approximate surface area is 123 Å². The van der Waals surface area contributed by atoms with Crippen molar-refractivity contribution in [1.82, 2.24) is 15.0 Å². The summed E-state index contributed by atoms with van der Waals surface area (Å²) in [5, 5.41) is 4.63. The van der Waals surface area contributed by atoms with Crippen LogP contribution in [-0.4, -0.2) is 15.0 Å². The molecule has 0 atom stereocenters. The van der Waals surface area contributed by atoms with Gasteiger partial charge in [0.15, 0.2) is 0 Å². The lowest BCUT2D eigenvalue weighted by Gasteiger charge is -2.19. The number of fused-ring (bicyclic) bond motifs is 1. The average Bonchev–Trinajstić information content (AvgIpc) is 2.74. The smallest absolute Gasteiger partial charge is 0.133 e. The van der Waals surface area contributed by atoms with Gasteiger partial charge in [0.05, 0.1) is 17.2 Å². The van der Waals surface area contributed by atoms with Gasteiger partial charge >= 0.3 is 0 Å². The van der Waals surface area contributed by atoms with Gasteiger partial charge in [-0.05, 0) is 46.5 Å². The molecule has 1 aliphatic rings. The molecule has 20 heavy (non-hydrogen) atoms. The molecule has 2 aromatic heterocycles. The predicted molar refractivity (Wildman–Crippen MR) is 82.3 cm³/mol. The summed E-state index contributed by atoms with van der Waals surface area (Å²) in [6.07, 6.45) is 4.67. The normalized spacial score (nSPS) is 14.2. The maximum Gasteiger partial charge on any atom is 0.133 e. The first-order chi connectivity index (χ1) is 9.63. The zero-order chi connectivity index (χ0) is 14.1. The molecule has 1 aliphatic carbocycles. The van der Waals surface area contributed by atoms with E-state index < -0.39 is 0 Å². The molecule has 4 nitrogen and oxygen atoms in total. The third kappa shape index (κ3) is 2.68. The van der Waals surface area contributed by atoms with Gasteiger partial charge in [-0.2, -0.15) is 0 Å². The Morgan fingerprint density at radius 3 is 2.60 bits per heavy atom. The molecule has 0 fully saturated rings. The van der Waals surface area contributed by atoms with Crippen molar-refractivity contribution in [3.05, 3.63) is 32.7 Å². The fourth-order valence-corrected chi connectivity index (χ4v) is 3.64. The van der Waals surface area contributed by atoms with Crippen LogP contribution >= 0.6 is 11.3 Å². The number of anilines is 1. The van der Waals surface area contributed by atoms with Crippen molar-refractivity contribution >= 4 is 17.2 Å². The molecule has 2 aromatic rings. The van der Waals surface area contributed by atoms with Crippen LogP contribution in [0.2, 0.25) is 0 Å².